The van der Waals surface area contributed by atoms with Crippen molar-refractivity contribution in [2.45, 2.75) is 19.8 Å². The highest BCUT2D eigenvalue weighted by Crippen LogP contribution is 2.29. The van der Waals surface area contributed by atoms with Crippen LogP contribution in [-0.4, -0.2) is 5.78 Å². The third-order valence-electron chi connectivity index (χ3n) is 2.29. The number of carbonyl (C=O) groups excluding carboxylic acids is 1. The van der Waals surface area contributed by atoms with Crippen LogP contribution in [0.15, 0.2) is 0 Å². The molecule has 0 saturated heterocycles. The molecule has 1 atom stereocenters. The first-order valence-electron chi connectivity index (χ1n) is 4.30. The van der Waals surface area contributed by atoms with Crippen molar-refractivity contribution in [3.05, 3.63) is 34.6 Å². The second-order valence-corrected chi connectivity index (χ2v) is 3.32. The second-order valence-electron chi connectivity index (χ2n) is 3.32. The van der Waals surface area contributed by atoms with Crippen molar-refractivity contribution in [1.82, 2.24) is 0 Å². The molecule has 0 fully saturated rings. The van der Waals surface area contributed by atoms with Gasteiger partial charge >= 0.3 is 0 Å². The zero-order chi connectivity index (χ0) is 12.6. The fraction of sp³-hybridized carbons (Fsp3) is 0.300. The molecule has 0 saturated carbocycles. The summed E-state index contributed by atoms with van der Waals surface area (Å²) in [5.74, 6) is -12.3. The normalized spacial score (nSPS) is 12.7. The van der Waals surface area contributed by atoms with E-state index in [4.69, 9.17) is 0 Å². The van der Waals surface area contributed by atoms with E-state index in [9.17, 15) is 26.7 Å². The number of Topliss-reactive ketones (excluding diaryl/α,β-unsaturated/α-hetero) is 1. The van der Waals surface area contributed by atoms with Crippen molar-refractivity contribution in [3.63, 3.8) is 0 Å². The summed E-state index contributed by atoms with van der Waals surface area (Å²) in [7, 11) is 0. The van der Waals surface area contributed by atoms with E-state index in [0.717, 1.165) is 13.8 Å². The van der Waals surface area contributed by atoms with E-state index in [1.54, 1.807) is 0 Å². The Morgan fingerprint density at radius 2 is 1.19 bits per heavy atom. The van der Waals surface area contributed by atoms with Gasteiger partial charge in [0.15, 0.2) is 23.3 Å². The Labute approximate surface area is 87.9 Å². The molecule has 88 valence electrons. The molecular weight excluding hydrogens is 231 g/mol. The predicted molar refractivity (Wildman–Crippen MR) is 45.3 cm³/mol. The average Bonchev–Trinajstić information content (AvgIpc) is 2.23. The Hall–Kier alpha value is -1.46. The lowest BCUT2D eigenvalue weighted by molar-refractivity contribution is -0.118. The number of rotatable bonds is 2. The van der Waals surface area contributed by atoms with Gasteiger partial charge in [0.05, 0.1) is 0 Å². The largest absolute Gasteiger partial charge is 0.299 e. The summed E-state index contributed by atoms with van der Waals surface area (Å²) in [5, 5.41) is 0. The van der Waals surface area contributed by atoms with Crippen LogP contribution in [0.5, 0.6) is 0 Å². The van der Waals surface area contributed by atoms with Crippen LogP contribution in [0.3, 0.4) is 0 Å². The maximum absolute atomic E-state index is 13.1. The highest BCUT2D eigenvalue weighted by atomic mass is 19.2. The molecule has 0 heterocycles. The third kappa shape index (κ3) is 1.79. The Balaban J connectivity index is 3.57. The molecule has 1 nitrogen and oxygen atoms in total. The molecule has 0 radical (unpaired) electrons. The third-order valence-corrected chi connectivity index (χ3v) is 2.29. The summed E-state index contributed by atoms with van der Waals surface area (Å²) in [4.78, 5) is 10.9. The zero-order valence-electron chi connectivity index (χ0n) is 8.38. The molecule has 0 bridgehead atoms. The standard InChI is InChI=1S/C10H7F5O/c1-3(4(2)16)5-6(11)8(13)10(15)9(14)7(5)12/h3H,1-2H3. The Bertz CT molecular complexity index is 426. The Morgan fingerprint density at radius 1 is 0.875 bits per heavy atom. The zero-order valence-corrected chi connectivity index (χ0v) is 8.38. The van der Waals surface area contributed by atoms with Gasteiger partial charge in [-0.05, 0) is 6.92 Å². The van der Waals surface area contributed by atoms with E-state index >= 15 is 0 Å². The lowest BCUT2D eigenvalue weighted by Gasteiger charge is -2.12. The number of halogens is 5. The quantitative estimate of drug-likeness (QED) is 0.439. The topological polar surface area (TPSA) is 17.1 Å². The van der Waals surface area contributed by atoms with Gasteiger partial charge in [-0.3, -0.25) is 4.79 Å². The van der Waals surface area contributed by atoms with Crippen molar-refractivity contribution in [1.29, 1.82) is 0 Å². The summed E-state index contributed by atoms with van der Waals surface area (Å²) in [6.07, 6.45) is 0. The van der Waals surface area contributed by atoms with Crippen molar-refractivity contribution in [2.75, 3.05) is 0 Å². The predicted octanol–water partition coefficient (Wildman–Crippen LogP) is 3.07. The van der Waals surface area contributed by atoms with Gasteiger partial charge in [-0.1, -0.05) is 6.92 Å². The molecule has 6 heteroatoms. The maximum atomic E-state index is 13.1. The van der Waals surface area contributed by atoms with Gasteiger partial charge in [0, 0.05) is 11.5 Å². The molecule has 0 amide bonds. The maximum Gasteiger partial charge on any atom is 0.200 e. The van der Waals surface area contributed by atoms with Gasteiger partial charge in [-0.15, -0.1) is 0 Å². The van der Waals surface area contributed by atoms with Gasteiger partial charge < -0.3 is 0 Å². The first kappa shape index (κ1) is 12.6. The summed E-state index contributed by atoms with van der Waals surface area (Å²) >= 11 is 0. The number of hydrogen-bond acceptors (Lipinski definition) is 1. The molecule has 0 aromatic heterocycles. The number of hydrogen-bond donors (Lipinski definition) is 0. The van der Waals surface area contributed by atoms with Crippen molar-refractivity contribution in [3.8, 4) is 0 Å². The lowest BCUT2D eigenvalue weighted by atomic mass is 9.96. The van der Waals surface area contributed by atoms with E-state index in [-0.39, 0.29) is 0 Å². The monoisotopic (exact) mass is 238 g/mol. The Kier molecular flexibility index (Phi) is 3.30. The lowest BCUT2D eigenvalue weighted by Crippen LogP contribution is -2.14. The minimum Gasteiger partial charge on any atom is -0.299 e. The molecule has 0 N–H and O–H groups in total. The molecule has 1 aromatic rings. The molecule has 1 aromatic carbocycles. The van der Waals surface area contributed by atoms with Gasteiger partial charge in [-0.2, -0.15) is 0 Å². The van der Waals surface area contributed by atoms with E-state index in [2.05, 4.69) is 0 Å². The first-order valence-corrected chi connectivity index (χ1v) is 4.30. The van der Waals surface area contributed by atoms with Crippen LogP contribution in [-0.2, 0) is 4.79 Å². The highest BCUT2D eigenvalue weighted by Gasteiger charge is 2.29. The van der Waals surface area contributed by atoms with Crippen LogP contribution >= 0.6 is 0 Å². The van der Waals surface area contributed by atoms with E-state index in [0.29, 0.717) is 0 Å². The average molecular weight is 238 g/mol. The van der Waals surface area contributed by atoms with Crippen LogP contribution < -0.4 is 0 Å². The number of ketones is 1. The molecule has 16 heavy (non-hydrogen) atoms. The van der Waals surface area contributed by atoms with Gasteiger partial charge in [0.1, 0.15) is 5.78 Å². The number of carbonyl (C=O) groups is 1. The minimum absolute atomic E-state index is 0.691. The summed E-state index contributed by atoms with van der Waals surface area (Å²) < 4.78 is 64.4. The van der Waals surface area contributed by atoms with Gasteiger partial charge in [0.2, 0.25) is 5.82 Å². The minimum atomic E-state index is -2.23. The van der Waals surface area contributed by atoms with Gasteiger partial charge in [0.25, 0.3) is 0 Å². The van der Waals surface area contributed by atoms with Crippen molar-refractivity contribution in [2.24, 2.45) is 0 Å². The highest BCUT2D eigenvalue weighted by molar-refractivity contribution is 5.83. The van der Waals surface area contributed by atoms with Crippen molar-refractivity contribution >= 4 is 5.78 Å². The Morgan fingerprint density at radius 3 is 1.50 bits per heavy atom. The van der Waals surface area contributed by atoms with Crippen LogP contribution in [0, 0.1) is 29.1 Å². The van der Waals surface area contributed by atoms with Crippen LogP contribution in [0.2, 0.25) is 0 Å². The molecule has 0 spiro atoms. The van der Waals surface area contributed by atoms with Gasteiger partial charge in [-0.25, -0.2) is 22.0 Å². The molecule has 0 aliphatic rings. The van der Waals surface area contributed by atoms with E-state index in [1.807, 2.05) is 0 Å². The van der Waals surface area contributed by atoms with Crippen molar-refractivity contribution < 1.29 is 26.7 Å². The first-order chi connectivity index (χ1) is 7.29. The molecule has 0 aliphatic heterocycles. The fourth-order valence-electron chi connectivity index (χ4n) is 1.21. The van der Waals surface area contributed by atoms with Crippen LogP contribution in [0.4, 0.5) is 22.0 Å². The number of benzene rings is 1. The molecular formula is C10H7F5O. The molecule has 1 unspecified atom stereocenters. The summed E-state index contributed by atoms with van der Waals surface area (Å²) in [6, 6.07) is 0. The summed E-state index contributed by atoms with van der Waals surface area (Å²) in [6.45, 7) is 2.07. The van der Waals surface area contributed by atoms with E-state index < -0.39 is 46.4 Å². The summed E-state index contributed by atoms with van der Waals surface area (Å²) in [5.41, 5.74) is -1.09. The molecule has 1 rings (SSSR count). The molecule has 0 aliphatic carbocycles. The fourth-order valence-corrected chi connectivity index (χ4v) is 1.21. The van der Waals surface area contributed by atoms with Crippen LogP contribution in [0.25, 0.3) is 0 Å². The van der Waals surface area contributed by atoms with E-state index in [1.165, 1.54) is 0 Å². The SMILES string of the molecule is CC(=O)C(C)c1c(F)c(F)c(F)c(F)c1F. The smallest absolute Gasteiger partial charge is 0.200 e. The van der Waals surface area contributed by atoms with Crippen LogP contribution in [0.1, 0.15) is 25.3 Å². The second kappa shape index (κ2) is 4.19.